The number of likely N-dealkylation sites (tertiary alicyclic amines) is 1. The van der Waals surface area contributed by atoms with E-state index in [1.54, 1.807) is 4.90 Å². The molecule has 1 aromatic rings. The van der Waals surface area contributed by atoms with Crippen molar-refractivity contribution in [3.63, 3.8) is 0 Å². The Kier molecular flexibility index (Phi) is 4.45. The highest BCUT2D eigenvalue weighted by Gasteiger charge is 2.32. The standard InChI is InChI=1S/C12H15N3O4S2/c13-21(18,19)9-5-3-8(4-6-9)14-12(20)15-7-1-2-10(15)11(16)17/h3-6,10H,1-2,7H2,(H,14,20)(H,16,17)(H2,13,18,19). The van der Waals surface area contributed by atoms with Gasteiger partial charge in [-0.2, -0.15) is 0 Å². The molecule has 0 radical (unpaired) electrons. The van der Waals surface area contributed by atoms with Crippen LogP contribution in [0, 0.1) is 0 Å². The van der Waals surface area contributed by atoms with Crippen molar-refractivity contribution in [2.24, 2.45) is 5.14 Å². The Bertz CT molecular complexity index is 658. The zero-order valence-corrected chi connectivity index (χ0v) is 12.7. The lowest BCUT2D eigenvalue weighted by atomic mass is 10.2. The molecule has 21 heavy (non-hydrogen) atoms. The normalized spacial score (nSPS) is 18.5. The van der Waals surface area contributed by atoms with Crippen molar-refractivity contribution in [1.29, 1.82) is 0 Å². The van der Waals surface area contributed by atoms with Gasteiger partial charge in [-0.05, 0) is 49.3 Å². The number of nitrogens with one attached hydrogen (secondary N) is 1. The van der Waals surface area contributed by atoms with E-state index in [9.17, 15) is 13.2 Å². The van der Waals surface area contributed by atoms with Crippen LogP contribution in [-0.2, 0) is 14.8 Å². The number of anilines is 1. The average molecular weight is 329 g/mol. The first kappa shape index (κ1) is 15.7. The molecule has 1 atom stereocenters. The van der Waals surface area contributed by atoms with Gasteiger partial charge in [0.25, 0.3) is 0 Å². The molecule has 1 unspecified atom stereocenters. The molecule has 4 N–H and O–H groups in total. The zero-order valence-electron chi connectivity index (χ0n) is 11.0. The predicted octanol–water partition coefficient (Wildman–Crippen LogP) is 0.580. The number of benzene rings is 1. The average Bonchev–Trinajstić information content (AvgIpc) is 2.87. The number of carboxylic acids is 1. The van der Waals surface area contributed by atoms with Crippen LogP contribution in [-0.4, -0.2) is 42.1 Å². The monoisotopic (exact) mass is 329 g/mol. The molecular weight excluding hydrogens is 314 g/mol. The number of sulfonamides is 1. The largest absolute Gasteiger partial charge is 0.480 e. The van der Waals surface area contributed by atoms with E-state index in [0.717, 1.165) is 6.42 Å². The van der Waals surface area contributed by atoms with Gasteiger partial charge in [0.1, 0.15) is 6.04 Å². The lowest BCUT2D eigenvalue weighted by molar-refractivity contribution is -0.140. The van der Waals surface area contributed by atoms with Gasteiger partial charge >= 0.3 is 5.97 Å². The third-order valence-corrected chi connectivity index (χ3v) is 4.50. The molecule has 1 heterocycles. The summed E-state index contributed by atoms with van der Waals surface area (Å²) in [5.41, 5.74) is 0.573. The summed E-state index contributed by atoms with van der Waals surface area (Å²) in [4.78, 5) is 12.7. The maximum atomic E-state index is 11.2. The van der Waals surface area contributed by atoms with Crippen molar-refractivity contribution in [3.05, 3.63) is 24.3 Å². The van der Waals surface area contributed by atoms with Crippen LogP contribution in [0.5, 0.6) is 0 Å². The summed E-state index contributed by atoms with van der Waals surface area (Å²) < 4.78 is 22.3. The highest BCUT2D eigenvalue weighted by atomic mass is 32.2. The Labute approximate surface area is 127 Å². The molecule has 1 saturated heterocycles. The number of nitrogens with zero attached hydrogens (tertiary/aromatic N) is 1. The van der Waals surface area contributed by atoms with Crippen LogP contribution in [0.2, 0.25) is 0 Å². The van der Waals surface area contributed by atoms with Crippen LogP contribution in [0.4, 0.5) is 5.69 Å². The number of rotatable bonds is 3. The number of carboxylic acid groups (broad SMARTS) is 1. The first-order chi connectivity index (χ1) is 9.79. The summed E-state index contributed by atoms with van der Waals surface area (Å²) in [6.45, 7) is 0.581. The minimum Gasteiger partial charge on any atom is -0.480 e. The molecule has 0 saturated carbocycles. The van der Waals surface area contributed by atoms with E-state index in [0.29, 0.717) is 23.8 Å². The van der Waals surface area contributed by atoms with Crippen LogP contribution in [0.1, 0.15) is 12.8 Å². The van der Waals surface area contributed by atoms with Gasteiger partial charge in [0, 0.05) is 12.2 Å². The molecule has 0 amide bonds. The van der Waals surface area contributed by atoms with Gasteiger partial charge in [0.2, 0.25) is 10.0 Å². The van der Waals surface area contributed by atoms with E-state index in [1.807, 2.05) is 0 Å². The van der Waals surface area contributed by atoms with Crippen LogP contribution in [0.25, 0.3) is 0 Å². The van der Waals surface area contributed by atoms with Crippen molar-refractivity contribution in [2.75, 3.05) is 11.9 Å². The van der Waals surface area contributed by atoms with Gasteiger partial charge in [-0.15, -0.1) is 0 Å². The van der Waals surface area contributed by atoms with Crippen LogP contribution < -0.4 is 10.5 Å². The fourth-order valence-electron chi connectivity index (χ4n) is 2.19. The fourth-order valence-corrected chi connectivity index (χ4v) is 3.04. The quantitative estimate of drug-likeness (QED) is 0.695. The molecule has 7 nitrogen and oxygen atoms in total. The van der Waals surface area contributed by atoms with Crippen molar-refractivity contribution < 1.29 is 18.3 Å². The van der Waals surface area contributed by atoms with E-state index in [-0.39, 0.29) is 4.90 Å². The fraction of sp³-hybridized carbons (Fsp3) is 0.333. The summed E-state index contributed by atoms with van der Waals surface area (Å²) >= 11 is 5.21. The Morgan fingerprint density at radius 1 is 1.38 bits per heavy atom. The molecule has 0 bridgehead atoms. The molecule has 1 aliphatic rings. The van der Waals surface area contributed by atoms with E-state index in [1.165, 1.54) is 24.3 Å². The second-order valence-corrected chi connectivity index (χ2v) is 6.64. The minimum atomic E-state index is -3.73. The number of aliphatic carboxylic acids is 1. The van der Waals surface area contributed by atoms with E-state index < -0.39 is 22.0 Å². The van der Waals surface area contributed by atoms with Gasteiger partial charge in [-0.3, -0.25) is 0 Å². The predicted molar refractivity (Wildman–Crippen MR) is 81.4 cm³/mol. The molecule has 2 rings (SSSR count). The van der Waals surface area contributed by atoms with Crippen LogP contribution in [0.15, 0.2) is 29.2 Å². The number of nitrogens with two attached hydrogens (primary N) is 1. The maximum absolute atomic E-state index is 11.2. The lowest BCUT2D eigenvalue weighted by Crippen LogP contribution is -2.42. The number of primary sulfonamides is 1. The smallest absolute Gasteiger partial charge is 0.326 e. The lowest BCUT2D eigenvalue weighted by Gasteiger charge is -2.24. The first-order valence-corrected chi connectivity index (χ1v) is 8.18. The number of thiocarbonyl (C=S) groups is 1. The van der Waals surface area contributed by atoms with E-state index in [2.05, 4.69) is 5.32 Å². The summed E-state index contributed by atoms with van der Waals surface area (Å²) in [6.07, 6.45) is 1.32. The molecule has 1 aromatic carbocycles. The molecule has 0 aliphatic carbocycles. The maximum Gasteiger partial charge on any atom is 0.326 e. The summed E-state index contributed by atoms with van der Waals surface area (Å²) in [5.74, 6) is -0.902. The van der Waals surface area contributed by atoms with Crippen molar-refractivity contribution >= 4 is 39.0 Å². The third-order valence-electron chi connectivity index (χ3n) is 3.23. The van der Waals surface area contributed by atoms with Crippen molar-refractivity contribution in [1.82, 2.24) is 4.90 Å². The zero-order chi connectivity index (χ0) is 15.6. The molecule has 0 spiro atoms. The Morgan fingerprint density at radius 3 is 2.52 bits per heavy atom. The third kappa shape index (κ3) is 3.69. The molecule has 1 fully saturated rings. The van der Waals surface area contributed by atoms with Crippen molar-refractivity contribution in [2.45, 2.75) is 23.8 Å². The molecule has 9 heteroatoms. The Morgan fingerprint density at radius 2 is 2.00 bits per heavy atom. The molecule has 1 aliphatic heterocycles. The second-order valence-electron chi connectivity index (χ2n) is 4.69. The van der Waals surface area contributed by atoms with Crippen LogP contribution >= 0.6 is 12.2 Å². The summed E-state index contributed by atoms with van der Waals surface area (Å²) in [6, 6.07) is 5.15. The minimum absolute atomic E-state index is 0.00329. The van der Waals surface area contributed by atoms with Crippen molar-refractivity contribution in [3.8, 4) is 0 Å². The van der Waals surface area contributed by atoms with E-state index in [4.69, 9.17) is 22.5 Å². The topological polar surface area (TPSA) is 113 Å². The Balaban J connectivity index is 2.08. The van der Waals surface area contributed by atoms with Gasteiger partial charge in [0.05, 0.1) is 4.90 Å². The second kappa shape index (κ2) is 5.96. The van der Waals surface area contributed by atoms with Gasteiger partial charge in [-0.25, -0.2) is 18.4 Å². The molecule has 114 valence electrons. The highest BCUT2D eigenvalue weighted by Crippen LogP contribution is 2.20. The first-order valence-electron chi connectivity index (χ1n) is 6.22. The van der Waals surface area contributed by atoms with Gasteiger partial charge in [-0.1, -0.05) is 0 Å². The summed E-state index contributed by atoms with van der Waals surface area (Å²) in [5, 5.41) is 17.3. The number of hydrogen-bond donors (Lipinski definition) is 3. The highest BCUT2D eigenvalue weighted by molar-refractivity contribution is 7.89. The Hall–Kier alpha value is -1.71. The van der Waals surface area contributed by atoms with E-state index >= 15 is 0 Å². The number of carbonyl (C=O) groups is 1. The number of hydrogen-bond acceptors (Lipinski definition) is 4. The molecule has 0 aromatic heterocycles. The summed E-state index contributed by atoms with van der Waals surface area (Å²) in [7, 11) is -3.73. The van der Waals surface area contributed by atoms with Crippen LogP contribution in [0.3, 0.4) is 0 Å². The SMILES string of the molecule is NS(=O)(=O)c1ccc(NC(=S)N2CCCC2C(=O)O)cc1. The van der Waals surface area contributed by atoms with Gasteiger partial charge < -0.3 is 15.3 Å². The molecular formula is C12H15N3O4S2. The van der Waals surface area contributed by atoms with Gasteiger partial charge in [0.15, 0.2) is 5.11 Å².